The molecule has 0 amide bonds. The standard InChI is InChI=1S/C18H24N2O9/c1-29-13-4-2-3-12(7-13)8-14(18(27)28)20(11-17(25)26)6-5-19(9-15(21)22)10-16(23)24/h2-4,7,14H,5-6,8-11H2,1H3,(H,21,22)(H,23,24)(H,25,26)(H,27,28). The first kappa shape index (κ1) is 23.9. The molecule has 1 aromatic carbocycles. The van der Waals surface area contributed by atoms with Crippen LogP contribution in [0.15, 0.2) is 24.3 Å². The van der Waals surface area contributed by atoms with Crippen LogP contribution in [0.5, 0.6) is 5.75 Å². The van der Waals surface area contributed by atoms with Gasteiger partial charge in [0.25, 0.3) is 0 Å². The van der Waals surface area contributed by atoms with E-state index in [9.17, 15) is 24.3 Å². The molecule has 0 saturated carbocycles. The molecular weight excluding hydrogens is 388 g/mol. The molecule has 0 aliphatic heterocycles. The van der Waals surface area contributed by atoms with Crippen LogP contribution in [-0.4, -0.2) is 100.0 Å². The second-order valence-corrected chi connectivity index (χ2v) is 6.27. The molecule has 11 nitrogen and oxygen atoms in total. The lowest BCUT2D eigenvalue weighted by atomic mass is 10.0. The van der Waals surface area contributed by atoms with E-state index >= 15 is 0 Å². The van der Waals surface area contributed by atoms with Crippen molar-refractivity contribution in [2.45, 2.75) is 12.5 Å². The number of nitrogens with zero attached hydrogens (tertiary/aromatic N) is 2. The van der Waals surface area contributed by atoms with Crippen LogP contribution in [-0.2, 0) is 25.6 Å². The van der Waals surface area contributed by atoms with E-state index < -0.39 is 49.6 Å². The molecule has 0 bridgehead atoms. The van der Waals surface area contributed by atoms with Gasteiger partial charge in [-0.15, -0.1) is 0 Å². The average Bonchev–Trinajstić information content (AvgIpc) is 2.61. The number of rotatable bonds is 14. The second-order valence-electron chi connectivity index (χ2n) is 6.27. The summed E-state index contributed by atoms with van der Waals surface area (Å²) < 4.78 is 5.10. The first-order chi connectivity index (χ1) is 13.6. The van der Waals surface area contributed by atoms with Crippen molar-refractivity contribution >= 4 is 23.9 Å². The number of hydrogen-bond donors (Lipinski definition) is 4. The first-order valence-corrected chi connectivity index (χ1v) is 8.60. The maximum absolute atomic E-state index is 11.8. The summed E-state index contributed by atoms with van der Waals surface area (Å²) in [7, 11) is 1.46. The molecule has 4 N–H and O–H groups in total. The summed E-state index contributed by atoms with van der Waals surface area (Å²) in [5.41, 5.74) is 0.611. The molecule has 11 heteroatoms. The fraction of sp³-hybridized carbons (Fsp3) is 0.444. The number of ether oxygens (including phenoxy) is 1. The van der Waals surface area contributed by atoms with Crippen LogP contribution in [0, 0.1) is 0 Å². The molecule has 0 fully saturated rings. The number of methoxy groups -OCH3 is 1. The van der Waals surface area contributed by atoms with Crippen LogP contribution in [0.25, 0.3) is 0 Å². The van der Waals surface area contributed by atoms with E-state index in [0.29, 0.717) is 11.3 Å². The molecule has 0 heterocycles. The predicted molar refractivity (Wildman–Crippen MR) is 99.0 cm³/mol. The van der Waals surface area contributed by atoms with Crippen molar-refractivity contribution in [3.63, 3.8) is 0 Å². The van der Waals surface area contributed by atoms with Crippen molar-refractivity contribution in [2.75, 3.05) is 39.8 Å². The fourth-order valence-corrected chi connectivity index (χ4v) is 2.78. The zero-order valence-electron chi connectivity index (χ0n) is 15.9. The molecule has 29 heavy (non-hydrogen) atoms. The van der Waals surface area contributed by atoms with Gasteiger partial charge in [0, 0.05) is 13.1 Å². The topological polar surface area (TPSA) is 165 Å². The summed E-state index contributed by atoms with van der Waals surface area (Å²) in [4.78, 5) is 47.1. The van der Waals surface area contributed by atoms with Crippen molar-refractivity contribution in [1.29, 1.82) is 0 Å². The smallest absolute Gasteiger partial charge is 0.321 e. The largest absolute Gasteiger partial charge is 0.497 e. The molecular formula is C18H24N2O9. The number of carbonyl (C=O) groups is 4. The van der Waals surface area contributed by atoms with Gasteiger partial charge < -0.3 is 25.2 Å². The van der Waals surface area contributed by atoms with Gasteiger partial charge in [-0.25, -0.2) is 0 Å². The third-order valence-corrected chi connectivity index (χ3v) is 4.05. The Labute approximate surface area is 166 Å². The second kappa shape index (κ2) is 11.6. The molecule has 1 aromatic rings. The quantitative estimate of drug-likeness (QED) is 0.313. The van der Waals surface area contributed by atoms with E-state index in [2.05, 4.69) is 0 Å². The Morgan fingerprint density at radius 3 is 2.00 bits per heavy atom. The molecule has 1 rings (SSSR count). The van der Waals surface area contributed by atoms with Gasteiger partial charge in [0.15, 0.2) is 0 Å². The third kappa shape index (κ3) is 9.04. The third-order valence-electron chi connectivity index (χ3n) is 4.05. The Kier molecular flexibility index (Phi) is 9.56. The number of benzene rings is 1. The summed E-state index contributed by atoms with van der Waals surface area (Å²) >= 11 is 0. The molecule has 0 radical (unpaired) electrons. The number of carboxylic acid groups (broad SMARTS) is 4. The van der Waals surface area contributed by atoms with Gasteiger partial charge in [-0.2, -0.15) is 0 Å². The van der Waals surface area contributed by atoms with Gasteiger partial charge in [-0.1, -0.05) is 12.1 Å². The van der Waals surface area contributed by atoms with Gasteiger partial charge in [0.05, 0.1) is 26.7 Å². The maximum atomic E-state index is 11.8. The van der Waals surface area contributed by atoms with Gasteiger partial charge in [-0.05, 0) is 24.1 Å². The summed E-state index contributed by atoms with van der Waals surface area (Å²) in [6.45, 7) is -2.02. The lowest BCUT2D eigenvalue weighted by molar-refractivity contribution is -0.148. The Morgan fingerprint density at radius 2 is 1.52 bits per heavy atom. The first-order valence-electron chi connectivity index (χ1n) is 8.60. The molecule has 160 valence electrons. The maximum Gasteiger partial charge on any atom is 0.321 e. The molecule has 1 unspecified atom stereocenters. The van der Waals surface area contributed by atoms with E-state index in [1.165, 1.54) is 12.0 Å². The Morgan fingerprint density at radius 1 is 0.931 bits per heavy atom. The molecule has 1 atom stereocenters. The number of aliphatic carboxylic acids is 4. The lowest BCUT2D eigenvalue weighted by Crippen LogP contribution is -2.49. The summed E-state index contributed by atoms with van der Waals surface area (Å²) in [5, 5.41) is 36.6. The van der Waals surface area contributed by atoms with E-state index in [1.807, 2.05) is 0 Å². The van der Waals surface area contributed by atoms with E-state index in [0.717, 1.165) is 4.90 Å². The molecule has 0 aliphatic carbocycles. The highest BCUT2D eigenvalue weighted by Gasteiger charge is 2.28. The van der Waals surface area contributed by atoms with Crippen LogP contribution in [0.2, 0.25) is 0 Å². The van der Waals surface area contributed by atoms with Crippen LogP contribution >= 0.6 is 0 Å². The Balaban J connectivity index is 2.99. The monoisotopic (exact) mass is 412 g/mol. The van der Waals surface area contributed by atoms with E-state index in [1.54, 1.807) is 24.3 Å². The minimum Gasteiger partial charge on any atom is -0.497 e. The van der Waals surface area contributed by atoms with Gasteiger partial charge >= 0.3 is 23.9 Å². The minimum absolute atomic E-state index is 0.0162. The van der Waals surface area contributed by atoms with Crippen molar-refractivity contribution < 1.29 is 44.3 Å². The molecule has 0 aliphatic rings. The minimum atomic E-state index is -1.26. The van der Waals surface area contributed by atoms with Gasteiger partial charge in [-0.3, -0.25) is 29.0 Å². The molecule has 0 saturated heterocycles. The van der Waals surface area contributed by atoms with Gasteiger partial charge in [0.1, 0.15) is 11.8 Å². The highest BCUT2D eigenvalue weighted by Crippen LogP contribution is 2.16. The van der Waals surface area contributed by atoms with Crippen LogP contribution < -0.4 is 4.74 Å². The van der Waals surface area contributed by atoms with Crippen molar-refractivity contribution in [3.8, 4) is 5.75 Å². The lowest BCUT2D eigenvalue weighted by Gasteiger charge is -2.29. The number of hydrogen-bond acceptors (Lipinski definition) is 7. The fourth-order valence-electron chi connectivity index (χ4n) is 2.78. The van der Waals surface area contributed by atoms with Crippen LogP contribution in [0.3, 0.4) is 0 Å². The normalized spacial score (nSPS) is 12.0. The Hall–Kier alpha value is -3.18. The van der Waals surface area contributed by atoms with Crippen LogP contribution in [0.1, 0.15) is 5.56 Å². The summed E-state index contributed by atoms with van der Waals surface area (Å²) in [6, 6.07) is 5.46. The van der Waals surface area contributed by atoms with Crippen molar-refractivity contribution in [3.05, 3.63) is 29.8 Å². The van der Waals surface area contributed by atoms with Gasteiger partial charge in [0.2, 0.25) is 0 Å². The summed E-state index contributed by atoms with van der Waals surface area (Å²) in [6.07, 6.45) is -0.0162. The SMILES string of the molecule is COc1cccc(CC(C(=O)O)N(CCN(CC(=O)O)CC(=O)O)CC(=O)O)c1. The Bertz CT molecular complexity index is 722. The molecule has 0 aromatic heterocycles. The average molecular weight is 412 g/mol. The summed E-state index contributed by atoms with van der Waals surface area (Å²) in [5.74, 6) is -4.49. The number of carboxylic acids is 4. The highest BCUT2D eigenvalue weighted by molar-refractivity contribution is 5.76. The van der Waals surface area contributed by atoms with E-state index in [4.69, 9.17) is 20.1 Å². The predicted octanol–water partition coefficient (Wildman–Crippen LogP) is -0.451. The van der Waals surface area contributed by atoms with Crippen LogP contribution in [0.4, 0.5) is 0 Å². The van der Waals surface area contributed by atoms with Crippen molar-refractivity contribution in [1.82, 2.24) is 9.80 Å². The highest BCUT2D eigenvalue weighted by atomic mass is 16.5. The van der Waals surface area contributed by atoms with Crippen molar-refractivity contribution in [2.24, 2.45) is 0 Å². The molecule has 0 spiro atoms. The van der Waals surface area contributed by atoms with E-state index in [-0.39, 0.29) is 19.5 Å². The zero-order valence-corrected chi connectivity index (χ0v) is 15.9. The zero-order chi connectivity index (χ0) is 22.0.